The quantitative estimate of drug-likeness (QED) is 0.692. The van der Waals surface area contributed by atoms with E-state index in [4.69, 9.17) is 11.6 Å². The van der Waals surface area contributed by atoms with E-state index >= 15 is 0 Å². The minimum absolute atomic E-state index is 0.266. The zero-order valence-corrected chi connectivity index (χ0v) is 7.89. The van der Waals surface area contributed by atoms with Crippen LogP contribution in [0.3, 0.4) is 0 Å². The molecule has 1 aromatic carbocycles. The van der Waals surface area contributed by atoms with Crippen molar-refractivity contribution >= 4 is 21.7 Å². The van der Waals surface area contributed by atoms with Gasteiger partial charge in [0.05, 0.1) is 6.26 Å². The second-order valence-corrected chi connectivity index (χ2v) is 4.25. The van der Waals surface area contributed by atoms with Gasteiger partial charge >= 0.3 is 10.1 Å². The van der Waals surface area contributed by atoms with E-state index in [-0.39, 0.29) is 5.75 Å². The summed E-state index contributed by atoms with van der Waals surface area (Å²) >= 11 is 5.58. The summed E-state index contributed by atoms with van der Waals surface area (Å²) in [6.45, 7) is 0. The third-order valence-electron chi connectivity index (χ3n) is 1.06. The third-order valence-corrected chi connectivity index (χ3v) is 1.81. The molecule has 0 N–H and O–H groups in total. The first-order chi connectivity index (χ1) is 5.47. The van der Waals surface area contributed by atoms with E-state index in [1.165, 1.54) is 12.1 Å². The van der Waals surface area contributed by atoms with Gasteiger partial charge in [0.15, 0.2) is 0 Å². The van der Waals surface area contributed by atoms with Gasteiger partial charge < -0.3 is 4.18 Å². The zero-order valence-electron chi connectivity index (χ0n) is 6.32. The normalized spacial score (nSPS) is 11.2. The van der Waals surface area contributed by atoms with Crippen molar-refractivity contribution in [2.45, 2.75) is 0 Å². The van der Waals surface area contributed by atoms with Gasteiger partial charge in [-0.15, -0.1) is 0 Å². The molecule has 0 aromatic heterocycles. The van der Waals surface area contributed by atoms with E-state index in [1.807, 2.05) is 0 Å². The Balaban J connectivity index is 2.85. The largest absolute Gasteiger partial charge is 0.383 e. The molecule has 0 aliphatic carbocycles. The Morgan fingerprint density at radius 1 is 1.25 bits per heavy atom. The van der Waals surface area contributed by atoms with Crippen LogP contribution in [0.2, 0.25) is 5.02 Å². The molecule has 0 spiro atoms. The minimum atomic E-state index is -3.43. The Labute approximate surface area is 76.0 Å². The van der Waals surface area contributed by atoms with Crippen molar-refractivity contribution in [2.75, 3.05) is 6.26 Å². The van der Waals surface area contributed by atoms with Gasteiger partial charge in [-0.05, 0) is 24.3 Å². The number of hydrogen-bond donors (Lipinski definition) is 0. The monoisotopic (exact) mass is 206 g/mol. The average molecular weight is 207 g/mol. The van der Waals surface area contributed by atoms with Gasteiger partial charge in [0, 0.05) is 5.02 Å². The second kappa shape index (κ2) is 3.33. The van der Waals surface area contributed by atoms with Crippen LogP contribution in [0.5, 0.6) is 5.75 Å². The highest BCUT2D eigenvalue weighted by Crippen LogP contribution is 2.16. The van der Waals surface area contributed by atoms with E-state index in [9.17, 15) is 8.42 Å². The molecule has 1 aromatic rings. The molecule has 0 aliphatic rings. The average Bonchev–Trinajstić information content (AvgIpc) is 1.91. The molecule has 12 heavy (non-hydrogen) atoms. The van der Waals surface area contributed by atoms with Crippen LogP contribution in [0.25, 0.3) is 0 Å². The van der Waals surface area contributed by atoms with Crippen LogP contribution in [0.15, 0.2) is 24.3 Å². The van der Waals surface area contributed by atoms with Crippen LogP contribution in [0.4, 0.5) is 0 Å². The molecule has 0 heterocycles. The number of rotatable bonds is 2. The summed E-state index contributed by atoms with van der Waals surface area (Å²) in [6, 6.07) is 6.09. The van der Waals surface area contributed by atoms with Crippen molar-refractivity contribution < 1.29 is 12.6 Å². The molecular formula is C7H7ClO3S. The summed E-state index contributed by atoms with van der Waals surface area (Å²) in [5.41, 5.74) is 0. The Morgan fingerprint density at radius 3 is 2.17 bits per heavy atom. The molecule has 0 fully saturated rings. The Bertz CT molecular complexity index is 355. The van der Waals surface area contributed by atoms with Crippen molar-refractivity contribution in [3.8, 4) is 5.75 Å². The summed E-state index contributed by atoms with van der Waals surface area (Å²) in [4.78, 5) is 0. The molecule has 5 heteroatoms. The molecule has 0 atom stereocenters. The first-order valence-electron chi connectivity index (χ1n) is 3.12. The summed E-state index contributed by atoms with van der Waals surface area (Å²) < 4.78 is 25.8. The van der Waals surface area contributed by atoms with Crippen molar-refractivity contribution in [2.24, 2.45) is 0 Å². The van der Waals surface area contributed by atoms with Gasteiger partial charge in [0.2, 0.25) is 0 Å². The molecular weight excluding hydrogens is 200 g/mol. The van der Waals surface area contributed by atoms with Crippen molar-refractivity contribution in [1.29, 1.82) is 0 Å². The Morgan fingerprint density at radius 2 is 1.75 bits per heavy atom. The van der Waals surface area contributed by atoms with Gasteiger partial charge in [0.1, 0.15) is 5.75 Å². The van der Waals surface area contributed by atoms with Crippen LogP contribution in [-0.2, 0) is 10.1 Å². The molecule has 0 radical (unpaired) electrons. The van der Waals surface area contributed by atoms with E-state index < -0.39 is 10.1 Å². The fraction of sp³-hybridized carbons (Fsp3) is 0.143. The van der Waals surface area contributed by atoms with Gasteiger partial charge in [0.25, 0.3) is 0 Å². The predicted molar refractivity (Wildman–Crippen MR) is 46.9 cm³/mol. The van der Waals surface area contributed by atoms with E-state index in [2.05, 4.69) is 4.18 Å². The summed E-state index contributed by atoms with van der Waals surface area (Å²) in [6.07, 6.45) is 0.988. The lowest BCUT2D eigenvalue weighted by Crippen LogP contribution is -2.05. The lowest BCUT2D eigenvalue weighted by atomic mass is 10.3. The molecule has 0 saturated carbocycles. The highest BCUT2D eigenvalue weighted by Gasteiger charge is 2.02. The van der Waals surface area contributed by atoms with Gasteiger partial charge in [-0.2, -0.15) is 8.42 Å². The smallest absolute Gasteiger partial charge is 0.306 e. The first-order valence-corrected chi connectivity index (χ1v) is 5.32. The highest BCUT2D eigenvalue weighted by molar-refractivity contribution is 7.86. The molecule has 1 rings (SSSR count). The maximum absolute atomic E-state index is 10.6. The zero-order chi connectivity index (χ0) is 9.19. The lowest BCUT2D eigenvalue weighted by molar-refractivity contribution is 0.493. The maximum Gasteiger partial charge on any atom is 0.306 e. The molecule has 0 saturated heterocycles. The lowest BCUT2D eigenvalue weighted by Gasteiger charge is -2.01. The predicted octanol–water partition coefficient (Wildman–Crippen LogP) is 1.68. The molecule has 66 valence electrons. The van der Waals surface area contributed by atoms with Crippen LogP contribution in [0.1, 0.15) is 0 Å². The first kappa shape index (κ1) is 9.35. The van der Waals surface area contributed by atoms with Crippen LogP contribution >= 0.6 is 11.6 Å². The maximum atomic E-state index is 10.6. The second-order valence-electron chi connectivity index (χ2n) is 2.24. The van der Waals surface area contributed by atoms with Crippen molar-refractivity contribution in [3.05, 3.63) is 29.3 Å². The molecule has 0 bridgehead atoms. The SMILES string of the molecule is CS(=O)(=O)Oc1ccc(Cl)cc1. The minimum Gasteiger partial charge on any atom is -0.383 e. The highest BCUT2D eigenvalue weighted by atomic mass is 35.5. The number of hydrogen-bond acceptors (Lipinski definition) is 3. The van der Waals surface area contributed by atoms with E-state index in [1.54, 1.807) is 12.1 Å². The topological polar surface area (TPSA) is 43.4 Å². The van der Waals surface area contributed by atoms with Crippen molar-refractivity contribution in [1.82, 2.24) is 0 Å². The van der Waals surface area contributed by atoms with Gasteiger partial charge in [-0.1, -0.05) is 11.6 Å². The summed E-state index contributed by atoms with van der Waals surface area (Å²) in [7, 11) is -3.43. The van der Waals surface area contributed by atoms with E-state index in [0.29, 0.717) is 5.02 Å². The Hall–Kier alpha value is -0.740. The van der Waals surface area contributed by atoms with Crippen molar-refractivity contribution in [3.63, 3.8) is 0 Å². The Kier molecular flexibility index (Phi) is 2.59. The van der Waals surface area contributed by atoms with Crippen LogP contribution in [0, 0.1) is 0 Å². The van der Waals surface area contributed by atoms with Gasteiger partial charge in [-0.25, -0.2) is 0 Å². The van der Waals surface area contributed by atoms with Gasteiger partial charge in [-0.3, -0.25) is 0 Å². The van der Waals surface area contributed by atoms with E-state index in [0.717, 1.165) is 6.26 Å². The van der Waals surface area contributed by atoms with Crippen LogP contribution < -0.4 is 4.18 Å². The van der Waals surface area contributed by atoms with Crippen LogP contribution in [-0.4, -0.2) is 14.7 Å². The third kappa shape index (κ3) is 3.11. The molecule has 0 aliphatic heterocycles. The number of halogens is 1. The summed E-state index contributed by atoms with van der Waals surface area (Å²) in [5, 5.41) is 0.538. The molecule has 0 amide bonds. The summed E-state index contributed by atoms with van der Waals surface area (Å²) in [5.74, 6) is 0.266. The molecule has 0 unspecified atom stereocenters. The standard InChI is InChI=1S/C7H7ClO3S/c1-12(9,10)11-7-4-2-6(8)3-5-7/h2-5H,1H3. The number of benzene rings is 1. The fourth-order valence-corrected chi connectivity index (χ4v) is 1.25. The fourth-order valence-electron chi connectivity index (χ4n) is 0.665. The molecule has 3 nitrogen and oxygen atoms in total.